The number of carbonyl (C=O) groups excluding carboxylic acids is 2. The molecule has 0 bridgehead atoms. The number of amides is 1. The molecule has 1 heterocycles. The second-order valence-corrected chi connectivity index (χ2v) is 7.86. The van der Waals surface area contributed by atoms with Crippen LogP contribution in [0, 0.1) is 27.9 Å². The number of ketones is 1. The van der Waals surface area contributed by atoms with E-state index in [1.54, 1.807) is 0 Å². The summed E-state index contributed by atoms with van der Waals surface area (Å²) in [6.45, 7) is 4.80. The first-order chi connectivity index (χ1) is 11.9. The smallest absolute Gasteiger partial charge is 0.223 e. The number of piperidine rings is 1. The normalized spacial score (nSPS) is 31.1. The van der Waals surface area contributed by atoms with Crippen molar-refractivity contribution >= 4 is 11.7 Å². The van der Waals surface area contributed by atoms with E-state index in [4.69, 9.17) is 0 Å². The number of nitro groups is 1. The minimum Gasteiger partial charge on any atom is -0.349 e. The molecule has 1 saturated carbocycles. The lowest BCUT2D eigenvalue weighted by Crippen LogP contribution is -2.44. The van der Waals surface area contributed by atoms with Crippen molar-refractivity contribution in [2.75, 3.05) is 13.1 Å². The number of nitrogens with zero attached hydrogens (tertiary/aromatic N) is 1. The van der Waals surface area contributed by atoms with Crippen LogP contribution in [-0.4, -0.2) is 41.8 Å². The fraction of sp³-hybridized carbons (Fsp3) is 0.889. The van der Waals surface area contributed by atoms with Crippen molar-refractivity contribution in [3.05, 3.63) is 10.1 Å². The maximum atomic E-state index is 12.2. The van der Waals surface area contributed by atoms with Crippen molar-refractivity contribution in [3.8, 4) is 0 Å². The summed E-state index contributed by atoms with van der Waals surface area (Å²) in [4.78, 5) is 35.1. The zero-order valence-electron chi connectivity index (χ0n) is 15.3. The van der Waals surface area contributed by atoms with Crippen molar-refractivity contribution in [1.82, 2.24) is 10.6 Å². The lowest BCUT2D eigenvalue weighted by molar-refractivity contribution is -0.527. The summed E-state index contributed by atoms with van der Waals surface area (Å²) in [5, 5.41) is 16.9. The predicted molar refractivity (Wildman–Crippen MR) is 94.7 cm³/mol. The summed E-state index contributed by atoms with van der Waals surface area (Å²) in [6, 6.07) is 0.0499. The van der Waals surface area contributed by atoms with Crippen molar-refractivity contribution in [1.29, 1.82) is 0 Å². The zero-order chi connectivity index (χ0) is 18.4. The van der Waals surface area contributed by atoms with Crippen LogP contribution in [0.4, 0.5) is 0 Å². The van der Waals surface area contributed by atoms with Crippen LogP contribution < -0.4 is 10.6 Å². The standard InChI is InChI=1S/C18H31N3O4/c1-12(9-14-4-7-16(8-5-14)21(24)25)18(23)20-11-17(22)15-6-3-13(2)19-10-15/h12-16,19H,3-11H2,1-2H3,(H,20,23)/t12-,13?,14?,15?,16?/m0/s1. The Labute approximate surface area is 149 Å². The number of rotatable bonds is 7. The molecule has 0 radical (unpaired) electrons. The summed E-state index contributed by atoms with van der Waals surface area (Å²) in [6.07, 6.45) is 5.47. The summed E-state index contributed by atoms with van der Waals surface area (Å²) in [5.74, 6) is 0.240. The van der Waals surface area contributed by atoms with Gasteiger partial charge in [-0.3, -0.25) is 19.7 Å². The number of Topliss-reactive ketones (excluding diaryl/α,β-unsaturated/α-hetero) is 1. The van der Waals surface area contributed by atoms with E-state index in [1.807, 2.05) is 6.92 Å². The molecule has 7 nitrogen and oxygen atoms in total. The molecule has 142 valence electrons. The second-order valence-electron chi connectivity index (χ2n) is 7.86. The molecule has 1 aliphatic heterocycles. The molecule has 2 aliphatic rings. The van der Waals surface area contributed by atoms with E-state index in [-0.39, 0.29) is 35.0 Å². The number of hydrogen-bond acceptors (Lipinski definition) is 5. The number of hydrogen-bond donors (Lipinski definition) is 2. The molecule has 0 aromatic heterocycles. The van der Waals surface area contributed by atoms with Gasteiger partial charge in [0.1, 0.15) is 0 Å². The monoisotopic (exact) mass is 353 g/mol. The lowest BCUT2D eigenvalue weighted by atomic mass is 9.81. The van der Waals surface area contributed by atoms with Crippen LogP contribution in [0.5, 0.6) is 0 Å². The van der Waals surface area contributed by atoms with Gasteiger partial charge in [0.2, 0.25) is 11.9 Å². The highest BCUT2D eigenvalue weighted by molar-refractivity contribution is 5.88. The summed E-state index contributed by atoms with van der Waals surface area (Å²) < 4.78 is 0. The first kappa shape index (κ1) is 19.8. The molecule has 1 amide bonds. The van der Waals surface area contributed by atoms with E-state index in [0.29, 0.717) is 31.3 Å². The first-order valence-electron chi connectivity index (χ1n) is 9.54. The van der Waals surface area contributed by atoms with E-state index < -0.39 is 6.04 Å². The van der Waals surface area contributed by atoms with Gasteiger partial charge >= 0.3 is 0 Å². The molecule has 3 atom stereocenters. The maximum absolute atomic E-state index is 12.2. The van der Waals surface area contributed by atoms with Gasteiger partial charge < -0.3 is 10.6 Å². The van der Waals surface area contributed by atoms with Gasteiger partial charge in [-0.15, -0.1) is 0 Å². The summed E-state index contributed by atoms with van der Waals surface area (Å²) >= 11 is 0. The van der Waals surface area contributed by atoms with Gasteiger partial charge in [-0.1, -0.05) is 6.92 Å². The van der Waals surface area contributed by atoms with E-state index in [9.17, 15) is 19.7 Å². The average Bonchev–Trinajstić information content (AvgIpc) is 2.60. The Hall–Kier alpha value is -1.50. The van der Waals surface area contributed by atoms with Gasteiger partial charge in [0.05, 0.1) is 6.54 Å². The topological polar surface area (TPSA) is 101 Å². The van der Waals surface area contributed by atoms with E-state index >= 15 is 0 Å². The third-order valence-electron chi connectivity index (χ3n) is 5.80. The fourth-order valence-corrected chi connectivity index (χ4v) is 3.96. The van der Waals surface area contributed by atoms with Crippen LogP contribution in [0.1, 0.15) is 58.8 Å². The largest absolute Gasteiger partial charge is 0.349 e. The summed E-state index contributed by atoms with van der Waals surface area (Å²) in [5.41, 5.74) is 0. The minimum atomic E-state index is -0.412. The zero-order valence-corrected chi connectivity index (χ0v) is 15.3. The Morgan fingerprint density at radius 3 is 2.44 bits per heavy atom. The quantitative estimate of drug-likeness (QED) is 0.538. The van der Waals surface area contributed by atoms with Gasteiger partial charge in [-0.25, -0.2) is 0 Å². The van der Waals surface area contributed by atoms with Crippen molar-refractivity contribution in [2.45, 2.75) is 70.9 Å². The van der Waals surface area contributed by atoms with E-state index in [2.05, 4.69) is 17.6 Å². The Kier molecular flexibility index (Phi) is 7.35. The van der Waals surface area contributed by atoms with Crippen LogP contribution in [0.2, 0.25) is 0 Å². The van der Waals surface area contributed by atoms with E-state index in [0.717, 1.165) is 32.1 Å². The van der Waals surface area contributed by atoms with Crippen molar-refractivity contribution < 1.29 is 14.5 Å². The second kappa shape index (κ2) is 9.27. The van der Waals surface area contributed by atoms with Crippen molar-refractivity contribution in [3.63, 3.8) is 0 Å². The van der Waals surface area contributed by atoms with Crippen LogP contribution in [0.25, 0.3) is 0 Å². The van der Waals surface area contributed by atoms with Crippen LogP contribution in [0.15, 0.2) is 0 Å². The van der Waals surface area contributed by atoms with Crippen LogP contribution in [-0.2, 0) is 9.59 Å². The molecule has 25 heavy (non-hydrogen) atoms. The Morgan fingerprint density at radius 2 is 1.88 bits per heavy atom. The molecule has 2 fully saturated rings. The minimum absolute atomic E-state index is 0.00390. The third-order valence-corrected chi connectivity index (χ3v) is 5.80. The molecule has 0 spiro atoms. The Balaban J connectivity index is 1.66. The van der Waals surface area contributed by atoms with Gasteiger partial charge in [-0.2, -0.15) is 0 Å². The highest BCUT2D eigenvalue weighted by Gasteiger charge is 2.30. The lowest BCUT2D eigenvalue weighted by Gasteiger charge is -2.27. The van der Waals surface area contributed by atoms with Crippen molar-refractivity contribution in [2.24, 2.45) is 17.8 Å². The molecule has 1 saturated heterocycles. The predicted octanol–water partition coefficient (Wildman–Crippen LogP) is 1.92. The van der Waals surface area contributed by atoms with Gasteiger partial charge in [0.15, 0.2) is 5.78 Å². The Morgan fingerprint density at radius 1 is 1.20 bits per heavy atom. The van der Waals surface area contributed by atoms with Crippen LogP contribution >= 0.6 is 0 Å². The molecule has 7 heteroatoms. The Bertz CT molecular complexity index is 481. The average molecular weight is 353 g/mol. The molecule has 2 N–H and O–H groups in total. The van der Waals surface area contributed by atoms with Gasteiger partial charge in [0, 0.05) is 42.2 Å². The van der Waals surface area contributed by atoms with Crippen LogP contribution in [0.3, 0.4) is 0 Å². The number of nitrogens with one attached hydrogen (secondary N) is 2. The first-order valence-corrected chi connectivity index (χ1v) is 9.54. The SMILES string of the molecule is CC1CCC(C(=O)CNC(=O)[C@@H](C)CC2CCC([N+](=O)[O-])CC2)CN1. The molecule has 2 unspecified atom stereocenters. The number of carbonyl (C=O) groups is 2. The highest BCUT2D eigenvalue weighted by Crippen LogP contribution is 2.30. The van der Waals surface area contributed by atoms with Gasteiger partial charge in [0.25, 0.3) is 0 Å². The molecule has 1 aliphatic carbocycles. The molecule has 0 aromatic rings. The molecular weight excluding hydrogens is 322 g/mol. The van der Waals surface area contributed by atoms with E-state index in [1.165, 1.54) is 0 Å². The summed E-state index contributed by atoms with van der Waals surface area (Å²) in [7, 11) is 0. The highest BCUT2D eigenvalue weighted by atomic mass is 16.6. The molecule has 0 aromatic carbocycles. The fourth-order valence-electron chi connectivity index (χ4n) is 3.96. The van der Waals surface area contributed by atoms with Gasteiger partial charge in [-0.05, 0) is 44.9 Å². The third kappa shape index (κ3) is 6.06. The molecule has 2 rings (SSSR count). The maximum Gasteiger partial charge on any atom is 0.223 e. The molecular formula is C18H31N3O4.